The topological polar surface area (TPSA) is 42.7 Å². The van der Waals surface area contributed by atoms with Gasteiger partial charge >= 0.3 is 0 Å². The summed E-state index contributed by atoms with van der Waals surface area (Å²) in [5.74, 6) is 1.62. The molecular formula is C13H18N4. The number of pyridine rings is 1. The molecular weight excluding hydrogens is 212 g/mol. The van der Waals surface area contributed by atoms with E-state index < -0.39 is 0 Å². The molecule has 1 aliphatic rings. The van der Waals surface area contributed by atoms with E-state index in [2.05, 4.69) is 25.9 Å². The van der Waals surface area contributed by atoms with E-state index in [1.54, 1.807) is 0 Å². The van der Waals surface area contributed by atoms with Gasteiger partial charge in [-0.3, -0.25) is 0 Å². The van der Waals surface area contributed by atoms with Gasteiger partial charge < -0.3 is 9.88 Å². The summed E-state index contributed by atoms with van der Waals surface area (Å²) in [7, 11) is 2.03. The molecule has 4 heteroatoms. The van der Waals surface area contributed by atoms with Crippen molar-refractivity contribution in [2.24, 2.45) is 7.05 Å². The second-order valence-corrected chi connectivity index (χ2v) is 4.83. The highest BCUT2D eigenvalue weighted by Gasteiger charge is 2.19. The van der Waals surface area contributed by atoms with Gasteiger partial charge in [0.2, 0.25) is 0 Å². The third-order valence-corrected chi connectivity index (χ3v) is 3.75. The lowest BCUT2D eigenvalue weighted by Crippen LogP contribution is -2.28. The highest BCUT2D eigenvalue weighted by molar-refractivity contribution is 5.76. The number of imidazole rings is 1. The Hall–Kier alpha value is -1.42. The van der Waals surface area contributed by atoms with E-state index in [1.165, 1.54) is 18.4 Å². The van der Waals surface area contributed by atoms with Crippen LogP contribution < -0.4 is 5.32 Å². The maximum absolute atomic E-state index is 4.66. The van der Waals surface area contributed by atoms with Crippen molar-refractivity contribution in [1.29, 1.82) is 0 Å². The van der Waals surface area contributed by atoms with Crippen LogP contribution in [0.15, 0.2) is 12.3 Å². The first-order valence-corrected chi connectivity index (χ1v) is 6.26. The lowest BCUT2D eigenvalue weighted by molar-refractivity contribution is 0.463. The van der Waals surface area contributed by atoms with Crippen LogP contribution in [-0.4, -0.2) is 27.6 Å². The third kappa shape index (κ3) is 1.72. The summed E-state index contributed by atoms with van der Waals surface area (Å²) in [4.78, 5) is 9.10. The quantitative estimate of drug-likeness (QED) is 0.811. The molecule has 0 spiro atoms. The minimum Gasteiger partial charge on any atom is -0.316 e. The van der Waals surface area contributed by atoms with Crippen LogP contribution in [0, 0.1) is 6.92 Å². The molecule has 1 unspecified atom stereocenters. The molecule has 17 heavy (non-hydrogen) atoms. The average Bonchev–Trinajstić information content (AvgIpc) is 2.67. The molecule has 4 nitrogen and oxygen atoms in total. The molecule has 3 heterocycles. The number of aromatic nitrogens is 3. The number of hydrogen-bond donors (Lipinski definition) is 1. The Kier molecular flexibility index (Phi) is 2.59. The fraction of sp³-hybridized carbons (Fsp3) is 0.538. The Morgan fingerprint density at radius 3 is 3.12 bits per heavy atom. The van der Waals surface area contributed by atoms with Crippen LogP contribution in [0.4, 0.5) is 0 Å². The lowest BCUT2D eigenvalue weighted by Gasteiger charge is -2.23. The Labute approximate surface area is 101 Å². The van der Waals surface area contributed by atoms with Crippen molar-refractivity contribution < 1.29 is 0 Å². The van der Waals surface area contributed by atoms with Gasteiger partial charge in [-0.2, -0.15) is 0 Å². The van der Waals surface area contributed by atoms with Crippen LogP contribution in [0.1, 0.15) is 30.1 Å². The first-order valence-electron chi connectivity index (χ1n) is 6.26. The van der Waals surface area contributed by atoms with E-state index >= 15 is 0 Å². The molecule has 1 atom stereocenters. The van der Waals surface area contributed by atoms with E-state index in [0.717, 1.165) is 30.1 Å². The summed E-state index contributed by atoms with van der Waals surface area (Å²) in [5.41, 5.74) is 3.44. The maximum atomic E-state index is 4.66. The molecule has 0 aromatic carbocycles. The van der Waals surface area contributed by atoms with Crippen LogP contribution in [0.25, 0.3) is 11.2 Å². The van der Waals surface area contributed by atoms with E-state index in [-0.39, 0.29) is 0 Å². The van der Waals surface area contributed by atoms with Gasteiger partial charge in [0.1, 0.15) is 11.3 Å². The molecule has 1 fully saturated rings. The fourth-order valence-corrected chi connectivity index (χ4v) is 2.65. The second-order valence-electron chi connectivity index (χ2n) is 4.83. The molecule has 2 aromatic rings. The Bertz CT molecular complexity index is 538. The summed E-state index contributed by atoms with van der Waals surface area (Å²) >= 11 is 0. The smallest absolute Gasteiger partial charge is 0.160 e. The van der Waals surface area contributed by atoms with Gasteiger partial charge in [0, 0.05) is 19.8 Å². The minimum absolute atomic E-state index is 0.587. The first kappa shape index (κ1) is 10.7. The molecule has 1 saturated heterocycles. The SMILES string of the molecule is Cc1nc2c(C3CCCNC3)ccnc2n1C. The number of hydrogen-bond acceptors (Lipinski definition) is 3. The van der Waals surface area contributed by atoms with E-state index in [9.17, 15) is 0 Å². The van der Waals surface area contributed by atoms with Crippen molar-refractivity contribution >= 4 is 11.2 Å². The number of aryl methyl sites for hydroxylation is 2. The molecule has 0 bridgehead atoms. The van der Waals surface area contributed by atoms with Gasteiger partial charge in [-0.25, -0.2) is 9.97 Å². The number of rotatable bonds is 1. The van der Waals surface area contributed by atoms with Gasteiger partial charge in [-0.1, -0.05) is 0 Å². The fourth-order valence-electron chi connectivity index (χ4n) is 2.65. The molecule has 1 aliphatic heterocycles. The van der Waals surface area contributed by atoms with Crippen LogP contribution in [0.2, 0.25) is 0 Å². The monoisotopic (exact) mass is 230 g/mol. The van der Waals surface area contributed by atoms with Gasteiger partial charge in [0.05, 0.1) is 0 Å². The van der Waals surface area contributed by atoms with Gasteiger partial charge in [-0.05, 0) is 43.9 Å². The Balaban J connectivity index is 2.12. The summed E-state index contributed by atoms with van der Waals surface area (Å²) in [6.45, 7) is 4.24. The summed E-state index contributed by atoms with van der Waals surface area (Å²) in [6, 6.07) is 2.13. The zero-order chi connectivity index (χ0) is 11.8. The predicted molar refractivity (Wildman–Crippen MR) is 68.1 cm³/mol. The normalized spacial score (nSPS) is 20.9. The second kappa shape index (κ2) is 4.11. The highest BCUT2D eigenvalue weighted by Crippen LogP contribution is 2.28. The molecule has 3 rings (SSSR count). The first-order chi connectivity index (χ1) is 8.27. The van der Waals surface area contributed by atoms with Gasteiger partial charge in [-0.15, -0.1) is 0 Å². The number of nitrogens with one attached hydrogen (secondary N) is 1. The van der Waals surface area contributed by atoms with E-state index in [0.29, 0.717) is 5.92 Å². The molecule has 0 amide bonds. The zero-order valence-electron chi connectivity index (χ0n) is 10.4. The Morgan fingerprint density at radius 2 is 2.35 bits per heavy atom. The van der Waals surface area contributed by atoms with Crippen molar-refractivity contribution in [3.05, 3.63) is 23.7 Å². The zero-order valence-corrected chi connectivity index (χ0v) is 10.4. The summed E-state index contributed by atoms with van der Waals surface area (Å²) in [6.07, 6.45) is 4.41. The maximum Gasteiger partial charge on any atom is 0.160 e. The van der Waals surface area contributed by atoms with Crippen molar-refractivity contribution in [3.63, 3.8) is 0 Å². The number of nitrogens with zero attached hydrogens (tertiary/aromatic N) is 3. The largest absolute Gasteiger partial charge is 0.316 e. The number of fused-ring (bicyclic) bond motifs is 1. The van der Waals surface area contributed by atoms with Crippen LogP contribution in [0.3, 0.4) is 0 Å². The molecule has 0 aliphatic carbocycles. The van der Waals surface area contributed by atoms with Crippen molar-refractivity contribution in [3.8, 4) is 0 Å². The molecule has 0 radical (unpaired) electrons. The van der Waals surface area contributed by atoms with Crippen LogP contribution in [-0.2, 0) is 7.05 Å². The summed E-state index contributed by atoms with van der Waals surface area (Å²) in [5, 5.41) is 3.46. The molecule has 90 valence electrons. The third-order valence-electron chi connectivity index (χ3n) is 3.75. The van der Waals surface area contributed by atoms with Crippen molar-refractivity contribution in [2.45, 2.75) is 25.7 Å². The molecule has 1 N–H and O–H groups in total. The standard InChI is InChI=1S/C13H18N4/c1-9-16-12-11(10-4-3-6-14-8-10)5-7-15-13(12)17(9)2/h5,7,10,14H,3-4,6,8H2,1-2H3. The number of piperidine rings is 1. The van der Waals surface area contributed by atoms with Crippen molar-refractivity contribution in [2.75, 3.05) is 13.1 Å². The van der Waals surface area contributed by atoms with Crippen molar-refractivity contribution in [1.82, 2.24) is 19.9 Å². The highest BCUT2D eigenvalue weighted by atomic mass is 15.1. The predicted octanol–water partition coefficient (Wildman–Crippen LogP) is 1.74. The van der Waals surface area contributed by atoms with Gasteiger partial charge in [0.15, 0.2) is 5.65 Å². The average molecular weight is 230 g/mol. The molecule has 2 aromatic heterocycles. The minimum atomic E-state index is 0.587. The van der Waals surface area contributed by atoms with E-state index in [1.807, 2.05) is 20.2 Å². The lowest BCUT2D eigenvalue weighted by atomic mass is 9.92. The van der Waals surface area contributed by atoms with Crippen LogP contribution >= 0.6 is 0 Å². The Morgan fingerprint density at radius 1 is 1.47 bits per heavy atom. The summed E-state index contributed by atoms with van der Waals surface area (Å²) < 4.78 is 2.06. The van der Waals surface area contributed by atoms with E-state index in [4.69, 9.17) is 0 Å². The molecule has 0 saturated carbocycles. The van der Waals surface area contributed by atoms with Crippen LogP contribution in [0.5, 0.6) is 0 Å². The van der Waals surface area contributed by atoms with Gasteiger partial charge in [0.25, 0.3) is 0 Å².